The van der Waals surface area contributed by atoms with E-state index in [4.69, 9.17) is 5.73 Å². The van der Waals surface area contributed by atoms with Crippen molar-refractivity contribution in [3.63, 3.8) is 0 Å². The standard InChI is InChI=1S/C13H11F3N2/c1-13(17,12-3-2-9(14)7-18-12)8-4-10(15)6-11(16)5-8/h2-7H,17H2,1H3. The van der Waals surface area contributed by atoms with Crippen LogP contribution in [-0.4, -0.2) is 4.98 Å². The predicted octanol–water partition coefficient (Wildman–Crippen LogP) is 2.72. The highest BCUT2D eigenvalue weighted by Gasteiger charge is 2.26. The van der Waals surface area contributed by atoms with Gasteiger partial charge in [0.25, 0.3) is 0 Å². The normalized spacial score (nSPS) is 14.3. The van der Waals surface area contributed by atoms with Crippen LogP contribution in [0.1, 0.15) is 18.2 Å². The highest BCUT2D eigenvalue weighted by molar-refractivity contribution is 5.33. The van der Waals surface area contributed by atoms with E-state index in [0.717, 1.165) is 24.4 Å². The van der Waals surface area contributed by atoms with Crippen molar-refractivity contribution in [2.24, 2.45) is 5.73 Å². The lowest BCUT2D eigenvalue weighted by atomic mass is 9.89. The fourth-order valence-electron chi connectivity index (χ4n) is 1.68. The van der Waals surface area contributed by atoms with Gasteiger partial charge in [0.1, 0.15) is 17.5 Å². The Hall–Kier alpha value is -1.88. The number of hydrogen-bond donors (Lipinski definition) is 1. The molecular weight excluding hydrogens is 241 g/mol. The monoisotopic (exact) mass is 252 g/mol. The Morgan fingerprint density at radius 1 is 1.00 bits per heavy atom. The van der Waals surface area contributed by atoms with Gasteiger partial charge in [-0.15, -0.1) is 0 Å². The van der Waals surface area contributed by atoms with Gasteiger partial charge in [-0.3, -0.25) is 4.98 Å². The molecule has 0 amide bonds. The van der Waals surface area contributed by atoms with Crippen LogP contribution in [0.4, 0.5) is 13.2 Å². The predicted molar refractivity (Wildman–Crippen MR) is 61.2 cm³/mol. The molecule has 5 heteroatoms. The second-order valence-electron chi connectivity index (χ2n) is 4.22. The summed E-state index contributed by atoms with van der Waals surface area (Å²) in [5.74, 6) is -1.94. The molecule has 1 aromatic carbocycles. The summed E-state index contributed by atoms with van der Waals surface area (Å²) in [4.78, 5) is 3.84. The molecule has 0 aliphatic rings. The summed E-state index contributed by atoms with van der Waals surface area (Å²) >= 11 is 0. The van der Waals surface area contributed by atoms with Crippen LogP contribution in [-0.2, 0) is 5.54 Å². The van der Waals surface area contributed by atoms with E-state index in [-0.39, 0.29) is 5.56 Å². The molecule has 18 heavy (non-hydrogen) atoms. The van der Waals surface area contributed by atoms with Gasteiger partial charge in [-0.05, 0) is 36.8 Å². The molecule has 2 rings (SSSR count). The van der Waals surface area contributed by atoms with Crippen molar-refractivity contribution in [2.45, 2.75) is 12.5 Å². The summed E-state index contributed by atoms with van der Waals surface area (Å²) < 4.78 is 39.1. The van der Waals surface area contributed by atoms with E-state index in [9.17, 15) is 13.2 Å². The van der Waals surface area contributed by atoms with Gasteiger partial charge < -0.3 is 5.73 Å². The molecular formula is C13H11F3N2. The molecule has 0 bridgehead atoms. The number of nitrogens with two attached hydrogens (primary N) is 1. The van der Waals surface area contributed by atoms with Crippen molar-refractivity contribution in [1.29, 1.82) is 0 Å². The molecule has 2 N–H and O–H groups in total. The number of hydrogen-bond acceptors (Lipinski definition) is 2. The summed E-state index contributed by atoms with van der Waals surface area (Å²) in [6.07, 6.45) is 1.01. The maximum Gasteiger partial charge on any atom is 0.141 e. The second kappa shape index (κ2) is 4.42. The number of rotatable bonds is 2. The van der Waals surface area contributed by atoms with E-state index in [1.54, 1.807) is 6.92 Å². The summed E-state index contributed by atoms with van der Waals surface area (Å²) in [6, 6.07) is 5.61. The van der Waals surface area contributed by atoms with Crippen molar-refractivity contribution >= 4 is 0 Å². The molecule has 1 aromatic heterocycles. The molecule has 94 valence electrons. The summed E-state index contributed by atoms with van der Waals surface area (Å²) in [5, 5.41) is 0. The first-order valence-corrected chi connectivity index (χ1v) is 5.27. The number of benzene rings is 1. The fourth-order valence-corrected chi connectivity index (χ4v) is 1.68. The Kier molecular flexibility index (Phi) is 3.09. The van der Waals surface area contributed by atoms with Crippen molar-refractivity contribution in [2.75, 3.05) is 0 Å². The first kappa shape index (κ1) is 12.6. The van der Waals surface area contributed by atoms with E-state index < -0.39 is 23.0 Å². The molecule has 0 aliphatic carbocycles. The zero-order chi connectivity index (χ0) is 13.3. The third kappa shape index (κ3) is 2.36. The first-order chi connectivity index (χ1) is 8.39. The van der Waals surface area contributed by atoms with Gasteiger partial charge in [-0.2, -0.15) is 0 Å². The Balaban J connectivity index is 2.49. The molecule has 0 radical (unpaired) electrons. The lowest BCUT2D eigenvalue weighted by Gasteiger charge is -2.24. The third-order valence-corrected chi connectivity index (χ3v) is 2.72. The number of halogens is 3. The van der Waals surface area contributed by atoms with Crippen molar-refractivity contribution in [1.82, 2.24) is 4.98 Å². The third-order valence-electron chi connectivity index (χ3n) is 2.72. The Morgan fingerprint density at radius 2 is 1.61 bits per heavy atom. The molecule has 2 aromatic rings. The van der Waals surface area contributed by atoms with Crippen LogP contribution in [0, 0.1) is 17.5 Å². The zero-order valence-electron chi connectivity index (χ0n) is 9.62. The average molecular weight is 252 g/mol. The summed E-state index contributed by atoms with van der Waals surface area (Å²) in [7, 11) is 0. The molecule has 1 unspecified atom stereocenters. The minimum absolute atomic E-state index is 0.235. The zero-order valence-corrected chi connectivity index (χ0v) is 9.62. The van der Waals surface area contributed by atoms with Gasteiger partial charge in [0, 0.05) is 6.07 Å². The summed E-state index contributed by atoms with van der Waals surface area (Å²) in [5.41, 5.74) is 5.39. The van der Waals surface area contributed by atoms with Gasteiger partial charge in [-0.25, -0.2) is 13.2 Å². The highest BCUT2D eigenvalue weighted by Crippen LogP contribution is 2.26. The molecule has 0 saturated heterocycles. The van der Waals surface area contributed by atoms with E-state index in [1.165, 1.54) is 12.1 Å². The van der Waals surface area contributed by atoms with E-state index in [1.807, 2.05) is 0 Å². The molecule has 1 atom stereocenters. The number of aromatic nitrogens is 1. The SMILES string of the molecule is CC(N)(c1cc(F)cc(F)c1)c1ccc(F)cn1. The van der Waals surface area contributed by atoms with Gasteiger partial charge in [0.05, 0.1) is 17.4 Å². The van der Waals surface area contributed by atoms with Crippen molar-refractivity contribution in [3.05, 3.63) is 65.2 Å². The van der Waals surface area contributed by atoms with Crippen LogP contribution in [0.25, 0.3) is 0 Å². The minimum Gasteiger partial charge on any atom is -0.317 e. The topological polar surface area (TPSA) is 38.9 Å². The average Bonchev–Trinajstić information content (AvgIpc) is 2.28. The van der Waals surface area contributed by atoms with Crippen LogP contribution in [0.2, 0.25) is 0 Å². The Labute approximate surface area is 102 Å². The lowest BCUT2D eigenvalue weighted by molar-refractivity contribution is 0.538. The number of nitrogens with zero attached hydrogens (tertiary/aromatic N) is 1. The molecule has 1 heterocycles. The van der Waals surface area contributed by atoms with Crippen molar-refractivity contribution in [3.8, 4) is 0 Å². The molecule has 2 nitrogen and oxygen atoms in total. The van der Waals surface area contributed by atoms with Crippen LogP contribution < -0.4 is 5.73 Å². The van der Waals surface area contributed by atoms with Crippen LogP contribution in [0.3, 0.4) is 0 Å². The molecule has 0 saturated carbocycles. The van der Waals surface area contributed by atoms with Gasteiger partial charge in [0.15, 0.2) is 0 Å². The maximum absolute atomic E-state index is 13.2. The molecule has 0 aliphatic heterocycles. The van der Waals surface area contributed by atoms with Crippen LogP contribution >= 0.6 is 0 Å². The first-order valence-electron chi connectivity index (χ1n) is 5.27. The summed E-state index contributed by atoms with van der Waals surface area (Å²) in [6.45, 7) is 1.56. The van der Waals surface area contributed by atoms with E-state index in [0.29, 0.717) is 5.69 Å². The lowest BCUT2D eigenvalue weighted by Crippen LogP contribution is -2.35. The minimum atomic E-state index is -1.20. The quantitative estimate of drug-likeness (QED) is 0.892. The molecule has 0 spiro atoms. The Morgan fingerprint density at radius 3 is 2.11 bits per heavy atom. The van der Waals surface area contributed by atoms with E-state index in [2.05, 4.69) is 4.98 Å². The van der Waals surface area contributed by atoms with Gasteiger partial charge >= 0.3 is 0 Å². The van der Waals surface area contributed by atoms with E-state index >= 15 is 0 Å². The Bertz CT molecular complexity index is 545. The fraction of sp³-hybridized carbons (Fsp3) is 0.154. The highest BCUT2D eigenvalue weighted by atomic mass is 19.1. The van der Waals surface area contributed by atoms with Crippen molar-refractivity contribution < 1.29 is 13.2 Å². The largest absolute Gasteiger partial charge is 0.317 e. The van der Waals surface area contributed by atoms with Crippen LogP contribution in [0.15, 0.2) is 36.5 Å². The van der Waals surface area contributed by atoms with Gasteiger partial charge in [0.2, 0.25) is 0 Å². The maximum atomic E-state index is 13.2. The smallest absolute Gasteiger partial charge is 0.141 e. The number of pyridine rings is 1. The van der Waals surface area contributed by atoms with Crippen LogP contribution in [0.5, 0.6) is 0 Å². The second-order valence-corrected chi connectivity index (χ2v) is 4.22. The molecule has 0 fully saturated rings. The van der Waals surface area contributed by atoms with Gasteiger partial charge in [-0.1, -0.05) is 0 Å².